The summed E-state index contributed by atoms with van der Waals surface area (Å²) in [5.74, 6) is 1.27. The van der Waals surface area contributed by atoms with Gasteiger partial charge in [-0.05, 0) is 26.7 Å². The number of carbonyl (C=O) groups excluding carboxylic acids is 1. The van der Waals surface area contributed by atoms with E-state index in [0.29, 0.717) is 24.3 Å². The topological polar surface area (TPSA) is 76.1 Å². The van der Waals surface area contributed by atoms with Crippen molar-refractivity contribution in [1.29, 1.82) is 0 Å². The molecule has 2 N–H and O–H groups in total. The van der Waals surface area contributed by atoms with Crippen molar-refractivity contribution in [3.63, 3.8) is 0 Å². The van der Waals surface area contributed by atoms with E-state index in [1.165, 1.54) is 0 Å². The van der Waals surface area contributed by atoms with Gasteiger partial charge in [0.2, 0.25) is 17.7 Å². The van der Waals surface area contributed by atoms with Crippen LogP contribution in [-0.2, 0) is 4.79 Å². The minimum absolute atomic E-state index is 0.0477. The fraction of sp³-hybridized carbons (Fsp3) is 0.643. The minimum atomic E-state index is -0.0739. The number of hydrogen-bond donors (Lipinski definition) is 2. The van der Waals surface area contributed by atoms with Crippen molar-refractivity contribution in [2.75, 3.05) is 18.4 Å². The SMILES string of the molecule is Cc1cc(OC(C)C)nc(NCC(=O)NCC(C)C)n1. The molecule has 0 aliphatic heterocycles. The first-order valence-electron chi connectivity index (χ1n) is 6.89. The molecule has 0 bridgehead atoms. The van der Waals surface area contributed by atoms with Crippen LogP contribution in [0.1, 0.15) is 33.4 Å². The number of nitrogens with zero attached hydrogens (tertiary/aromatic N) is 2. The van der Waals surface area contributed by atoms with E-state index in [2.05, 4.69) is 20.6 Å². The zero-order valence-electron chi connectivity index (χ0n) is 12.9. The molecule has 112 valence electrons. The lowest BCUT2D eigenvalue weighted by Gasteiger charge is -2.12. The molecule has 0 unspecified atom stereocenters. The third-order valence-electron chi connectivity index (χ3n) is 2.30. The molecule has 0 saturated carbocycles. The number of rotatable bonds is 7. The summed E-state index contributed by atoms with van der Waals surface area (Å²) >= 11 is 0. The van der Waals surface area contributed by atoms with Crippen molar-refractivity contribution in [3.05, 3.63) is 11.8 Å². The quantitative estimate of drug-likeness (QED) is 0.796. The summed E-state index contributed by atoms with van der Waals surface area (Å²) in [6.07, 6.45) is 0.0477. The van der Waals surface area contributed by atoms with Gasteiger partial charge in [0, 0.05) is 18.3 Å². The molecule has 1 aromatic heterocycles. The van der Waals surface area contributed by atoms with Crippen molar-refractivity contribution in [2.24, 2.45) is 5.92 Å². The van der Waals surface area contributed by atoms with Crippen LogP contribution in [-0.4, -0.2) is 35.1 Å². The Kier molecular flexibility index (Phi) is 6.21. The van der Waals surface area contributed by atoms with E-state index in [1.54, 1.807) is 6.07 Å². The van der Waals surface area contributed by atoms with Crippen LogP contribution in [0.15, 0.2) is 6.07 Å². The normalized spacial score (nSPS) is 10.8. The molecule has 20 heavy (non-hydrogen) atoms. The number of aromatic nitrogens is 2. The highest BCUT2D eigenvalue weighted by atomic mass is 16.5. The molecule has 0 atom stereocenters. The Morgan fingerprint density at radius 3 is 2.60 bits per heavy atom. The first kappa shape index (κ1) is 16.2. The maximum absolute atomic E-state index is 11.6. The zero-order chi connectivity index (χ0) is 15.1. The highest BCUT2D eigenvalue weighted by Gasteiger charge is 2.07. The molecule has 0 fully saturated rings. The van der Waals surface area contributed by atoms with Crippen LogP contribution in [0.4, 0.5) is 5.95 Å². The van der Waals surface area contributed by atoms with E-state index in [1.807, 2.05) is 34.6 Å². The number of hydrogen-bond acceptors (Lipinski definition) is 5. The summed E-state index contributed by atoms with van der Waals surface area (Å²) in [5, 5.41) is 5.73. The first-order chi connectivity index (χ1) is 9.36. The van der Waals surface area contributed by atoms with Crippen LogP contribution in [0.3, 0.4) is 0 Å². The van der Waals surface area contributed by atoms with Crippen molar-refractivity contribution in [2.45, 2.75) is 40.7 Å². The van der Waals surface area contributed by atoms with Gasteiger partial charge < -0.3 is 15.4 Å². The Hall–Kier alpha value is -1.85. The van der Waals surface area contributed by atoms with Crippen LogP contribution in [0, 0.1) is 12.8 Å². The Balaban J connectivity index is 2.54. The maximum atomic E-state index is 11.6. The molecular formula is C14H24N4O2. The highest BCUT2D eigenvalue weighted by Crippen LogP contribution is 2.13. The van der Waals surface area contributed by atoms with E-state index in [9.17, 15) is 4.79 Å². The van der Waals surface area contributed by atoms with Gasteiger partial charge in [-0.3, -0.25) is 4.79 Å². The molecular weight excluding hydrogens is 256 g/mol. The number of carbonyl (C=O) groups is 1. The molecule has 0 radical (unpaired) electrons. The lowest BCUT2D eigenvalue weighted by atomic mass is 10.2. The second kappa shape index (κ2) is 7.67. The van der Waals surface area contributed by atoms with Gasteiger partial charge in [-0.1, -0.05) is 13.8 Å². The van der Waals surface area contributed by atoms with Crippen LogP contribution >= 0.6 is 0 Å². The van der Waals surface area contributed by atoms with Crippen molar-refractivity contribution in [1.82, 2.24) is 15.3 Å². The molecule has 0 aliphatic rings. The molecule has 1 aromatic rings. The molecule has 6 nitrogen and oxygen atoms in total. The van der Waals surface area contributed by atoms with Gasteiger partial charge in [-0.25, -0.2) is 4.98 Å². The lowest BCUT2D eigenvalue weighted by molar-refractivity contribution is -0.119. The second-order valence-electron chi connectivity index (χ2n) is 5.39. The van der Waals surface area contributed by atoms with E-state index in [-0.39, 0.29) is 18.6 Å². The molecule has 0 saturated heterocycles. The fourth-order valence-corrected chi connectivity index (χ4v) is 1.46. The van der Waals surface area contributed by atoms with Gasteiger partial charge in [0.1, 0.15) is 0 Å². The van der Waals surface area contributed by atoms with Gasteiger partial charge in [0.05, 0.1) is 12.6 Å². The van der Waals surface area contributed by atoms with Crippen LogP contribution < -0.4 is 15.4 Å². The fourth-order valence-electron chi connectivity index (χ4n) is 1.46. The Labute approximate surface area is 120 Å². The number of nitrogens with one attached hydrogen (secondary N) is 2. The average molecular weight is 280 g/mol. The molecule has 1 amide bonds. The number of anilines is 1. The standard InChI is InChI=1S/C14H24N4O2/c1-9(2)7-15-12(19)8-16-14-17-11(5)6-13(18-14)20-10(3)4/h6,9-10H,7-8H2,1-5H3,(H,15,19)(H,16,17,18). The van der Waals surface area contributed by atoms with Crippen LogP contribution in [0.5, 0.6) is 5.88 Å². The van der Waals surface area contributed by atoms with Crippen molar-refractivity contribution in [3.8, 4) is 5.88 Å². The van der Waals surface area contributed by atoms with Gasteiger partial charge >= 0.3 is 0 Å². The predicted octanol–water partition coefficient (Wildman–Crippen LogP) is 1.76. The van der Waals surface area contributed by atoms with Crippen LogP contribution in [0.25, 0.3) is 0 Å². The Morgan fingerprint density at radius 2 is 2.00 bits per heavy atom. The van der Waals surface area contributed by atoms with Gasteiger partial charge in [0.15, 0.2) is 0 Å². The predicted molar refractivity (Wildman–Crippen MR) is 78.9 cm³/mol. The highest BCUT2D eigenvalue weighted by molar-refractivity contribution is 5.80. The average Bonchev–Trinajstić information content (AvgIpc) is 2.32. The summed E-state index contributed by atoms with van der Waals surface area (Å²) in [6, 6.07) is 1.77. The molecule has 6 heteroatoms. The largest absolute Gasteiger partial charge is 0.475 e. The Bertz CT molecular complexity index is 447. The molecule has 1 rings (SSSR count). The van der Waals surface area contributed by atoms with Crippen molar-refractivity contribution >= 4 is 11.9 Å². The summed E-state index contributed by atoms with van der Waals surface area (Å²) in [6.45, 7) is 10.6. The van der Waals surface area contributed by atoms with E-state index in [4.69, 9.17) is 4.74 Å². The summed E-state index contributed by atoms with van der Waals surface area (Å²) < 4.78 is 5.53. The summed E-state index contributed by atoms with van der Waals surface area (Å²) in [4.78, 5) is 20.1. The number of amides is 1. The minimum Gasteiger partial charge on any atom is -0.475 e. The van der Waals surface area contributed by atoms with Gasteiger partial charge in [0.25, 0.3) is 0 Å². The van der Waals surface area contributed by atoms with Gasteiger partial charge in [-0.15, -0.1) is 0 Å². The van der Waals surface area contributed by atoms with E-state index >= 15 is 0 Å². The summed E-state index contributed by atoms with van der Waals surface area (Å²) in [5.41, 5.74) is 0.792. The third-order valence-corrected chi connectivity index (χ3v) is 2.30. The number of ether oxygens (including phenoxy) is 1. The molecule has 0 aliphatic carbocycles. The second-order valence-corrected chi connectivity index (χ2v) is 5.39. The monoisotopic (exact) mass is 280 g/mol. The molecule has 0 spiro atoms. The van der Waals surface area contributed by atoms with Gasteiger partial charge in [-0.2, -0.15) is 4.98 Å². The molecule has 0 aromatic carbocycles. The Morgan fingerprint density at radius 1 is 1.30 bits per heavy atom. The number of aryl methyl sites for hydroxylation is 1. The van der Waals surface area contributed by atoms with Crippen molar-refractivity contribution < 1.29 is 9.53 Å². The first-order valence-corrected chi connectivity index (χ1v) is 6.89. The smallest absolute Gasteiger partial charge is 0.239 e. The summed E-state index contributed by atoms with van der Waals surface area (Å²) in [7, 11) is 0. The maximum Gasteiger partial charge on any atom is 0.239 e. The zero-order valence-corrected chi connectivity index (χ0v) is 12.9. The van der Waals surface area contributed by atoms with Crippen LogP contribution in [0.2, 0.25) is 0 Å². The van der Waals surface area contributed by atoms with E-state index in [0.717, 1.165) is 5.69 Å². The van der Waals surface area contributed by atoms with E-state index < -0.39 is 0 Å². The molecule has 1 heterocycles. The third kappa shape index (κ3) is 6.36. The lowest BCUT2D eigenvalue weighted by Crippen LogP contribution is -2.32.